The molecule has 0 radical (unpaired) electrons. The van der Waals surface area contributed by atoms with Crippen LogP contribution in [-0.4, -0.2) is 12.6 Å². The van der Waals surface area contributed by atoms with E-state index in [1.807, 2.05) is 45.8 Å². The van der Waals surface area contributed by atoms with E-state index < -0.39 is 0 Å². The van der Waals surface area contributed by atoms with Gasteiger partial charge in [-0.1, -0.05) is 93.5 Å². The number of aryl methyl sites for hydroxylation is 1. The number of hydrogen-bond donors (Lipinski definition) is 0. The summed E-state index contributed by atoms with van der Waals surface area (Å²) in [7, 11) is 0. The van der Waals surface area contributed by atoms with Gasteiger partial charge in [-0.05, 0) is 101 Å². The third-order valence-corrected chi connectivity index (χ3v) is 6.80. The maximum absolute atomic E-state index is 12.9. The molecule has 0 saturated heterocycles. The molecule has 2 aromatic carbocycles. The zero-order valence-corrected chi connectivity index (χ0v) is 26.7. The summed E-state index contributed by atoms with van der Waals surface area (Å²) in [5.74, 6) is 0.623. The Morgan fingerprint density at radius 3 is 1.95 bits per heavy atom. The van der Waals surface area contributed by atoms with Gasteiger partial charge in [-0.25, -0.2) is 4.39 Å². The standard InChI is InChI=1S/C17H30.C15H13FO.C2H6.C2H4.CH2O/c1-5-6-10-17(14(2)3)13-15(4)16-11-8-7-9-12-16;1-10-3-8-14(15(9-10)11(2)17)12-4-6-13(16)7-5-12;3*1-2/h13,16H,5-12H2,1-4H3;3-9H,1-2H3;1-2H3;1-2H2;1H2/b15-13+;;;;. The Bertz CT molecular complexity index is 1020. The van der Waals surface area contributed by atoms with Crippen LogP contribution in [0, 0.1) is 18.7 Å². The number of benzene rings is 2. The summed E-state index contributed by atoms with van der Waals surface area (Å²) in [5.41, 5.74) is 8.16. The number of halogens is 1. The first-order valence-electron chi connectivity index (χ1n) is 14.7. The summed E-state index contributed by atoms with van der Waals surface area (Å²) < 4.78 is 12.9. The van der Waals surface area contributed by atoms with E-state index in [4.69, 9.17) is 4.79 Å². The van der Waals surface area contributed by atoms with Crippen molar-refractivity contribution in [2.24, 2.45) is 5.92 Å². The van der Waals surface area contributed by atoms with Crippen LogP contribution in [0.25, 0.3) is 11.1 Å². The van der Waals surface area contributed by atoms with Gasteiger partial charge in [0.05, 0.1) is 0 Å². The number of ketones is 1. The minimum Gasteiger partial charge on any atom is -0.307 e. The van der Waals surface area contributed by atoms with Gasteiger partial charge >= 0.3 is 0 Å². The van der Waals surface area contributed by atoms with E-state index in [0.29, 0.717) is 5.56 Å². The van der Waals surface area contributed by atoms with Gasteiger partial charge in [0, 0.05) is 5.56 Å². The first-order chi connectivity index (χ1) is 19.2. The predicted molar refractivity (Wildman–Crippen MR) is 175 cm³/mol. The molecule has 0 aromatic heterocycles. The van der Waals surface area contributed by atoms with Gasteiger partial charge in [-0.3, -0.25) is 4.79 Å². The summed E-state index contributed by atoms with van der Waals surface area (Å²) in [6.45, 7) is 24.6. The number of carbonyl (C=O) groups excluding carboxylic acids is 2. The van der Waals surface area contributed by atoms with Gasteiger partial charge < -0.3 is 4.79 Å². The Balaban J connectivity index is 0. The Morgan fingerprint density at radius 2 is 1.48 bits per heavy atom. The average molecular weight is 551 g/mol. The van der Waals surface area contributed by atoms with Crippen LogP contribution in [0.4, 0.5) is 4.39 Å². The molecule has 222 valence electrons. The lowest BCUT2D eigenvalue weighted by molar-refractivity contribution is -0.0980. The average Bonchev–Trinajstić information content (AvgIpc) is 2.99. The van der Waals surface area contributed by atoms with Gasteiger partial charge in [0.15, 0.2) is 5.78 Å². The molecule has 0 amide bonds. The number of rotatable bonds is 7. The van der Waals surface area contributed by atoms with Gasteiger partial charge in [0.1, 0.15) is 12.6 Å². The van der Waals surface area contributed by atoms with Crippen molar-refractivity contribution >= 4 is 12.6 Å². The van der Waals surface area contributed by atoms with Crippen molar-refractivity contribution in [3.05, 3.63) is 95.4 Å². The fraction of sp³-hybridized carbons (Fsp3) is 0.459. The van der Waals surface area contributed by atoms with Crippen molar-refractivity contribution in [2.45, 2.75) is 107 Å². The fourth-order valence-electron chi connectivity index (χ4n) is 4.61. The molecule has 2 nitrogen and oxygen atoms in total. The lowest BCUT2D eigenvalue weighted by Crippen LogP contribution is -2.07. The summed E-state index contributed by atoms with van der Waals surface area (Å²) >= 11 is 0. The highest BCUT2D eigenvalue weighted by Gasteiger charge is 2.15. The Kier molecular flexibility index (Phi) is 23.2. The van der Waals surface area contributed by atoms with Crippen LogP contribution in [0.1, 0.15) is 116 Å². The topological polar surface area (TPSA) is 34.1 Å². The van der Waals surface area contributed by atoms with E-state index in [1.54, 1.807) is 30.2 Å². The van der Waals surface area contributed by atoms with E-state index in [1.165, 1.54) is 69.1 Å². The third-order valence-electron chi connectivity index (χ3n) is 6.80. The summed E-state index contributed by atoms with van der Waals surface area (Å²) in [6, 6.07) is 11.9. The quantitative estimate of drug-likeness (QED) is 0.195. The van der Waals surface area contributed by atoms with Gasteiger partial charge in [0.2, 0.25) is 0 Å². The molecule has 2 aromatic rings. The molecular weight excluding hydrogens is 495 g/mol. The van der Waals surface area contributed by atoms with E-state index in [2.05, 4.69) is 46.9 Å². The van der Waals surface area contributed by atoms with E-state index >= 15 is 0 Å². The molecule has 1 aliphatic rings. The molecule has 0 spiro atoms. The minimum absolute atomic E-state index is 0.0213. The normalized spacial score (nSPS) is 12.5. The third kappa shape index (κ3) is 14.9. The van der Waals surface area contributed by atoms with Crippen LogP contribution in [0.5, 0.6) is 0 Å². The number of allylic oxidation sites excluding steroid dienone is 4. The van der Waals surface area contributed by atoms with Crippen LogP contribution < -0.4 is 0 Å². The van der Waals surface area contributed by atoms with Crippen molar-refractivity contribution in [1.29, 1.82) is 0 Å². The highest BCUT2D eigenvalue weighted by atomic mass is 19.1. The highest BCUT2D eigenvalue weighted by molar-refractivity contribution is 6.01. The van der Waals surface area contributed by atoms with Crippen LogP contribution in [-0.2, 0) is 4.79 Å². The number of carbonyl (C=O) groups is 2. The molecule has 0 unspecified atom stereocenters. The Labute approximate surface area is 245 Å². The monoisotopic (exact) mass is 550 g/mol. The maximum atomic E-state index is 12.9. The minimum atomic E-state index is -0.273. The first kappa shape index (κ1) is 39.1. The maximum Gasteiger partial charge on any atom is 0.160 e. The summed E-state index contributed by atoms with van der Waals surface area (Å²) in [6.07, 6.45) is 13.6. The molecule has 3 rings (SSSR count). The zero-order chi connectivity index (χ0) is 31.1. The molecule has 0 heterocycles. The zero-order valence-electron chi connectivity index (χ0n) is 26.7. The van der Waals surface area contributed by atoms with Gasteiger partial charge in [-0.2, -0.15) is 0 Å². The van der Waals surface area contributed by atoms with Gasteiger partial charge in [0.25, 0.3) is 0 Å². The van der Waals surface area contributed by atoms with E-state index in [0.717, 1.165) is 22.6 Å². The first-order valence-corrected chi connectivity index (χ1v) is 14.7. The number of unbranched alkanes of at least 4 members (excludes halogenated alkanes) is 1. The lowest BCUT2D eigenvalue weighted by atomic mass is 9.83. The molecular formula is C37H55FO2. The second-order valence-electron chi connectivity index (χ2n) is 9.96. The molecule has 0 atom stereocenters. The Hall–Kier alpha value is -3.07. The highest BCUT2D eigenvalue weighted by Crippen LogP contribution is 2.31. The van der Waals surface area contributed by atoms with Crippen molar-refractivity contribution < 1.29 is 14.0 Å². The SMILES string of the molecule is C=C.C=O.CC.CC(=O)c1cc(C)ccc1-c1ccc(F)cc1.CCCCC(/C=C(\C)C1CCCCC1)=C(C)C. The van der Waals surface area contributed by atoms with Crippen molar-refractivity contribution in [1.82, 2.24) is 0 Å². The van der Waals surface area contributed by atoms with Crippen LogP contribution in [0.15, 0.2) is 78.4 Å². The van der Waals surface area contributed by atoms with Crippen LogP contribution >= 0.6 is 0 Å². The second kappa shape index (κ2) is 23.8. The van der Waals surface area contributed by atoms with Crippen molar-refractivity contribution in [3.8, 4) is 11.1 Å². The molecule has 0 aliphatic heterocycles. The largest absolute Gasteiger partial charge is 0.307 e. The predicted octanol–water partition coefficient (Wildman–Crippen LogP) is 11.7. The molecule has 1 fully saturated rings. The van der Waals surface area contributed by atoms with Crippen molar-refractivity contribution in [2.75, 3.05) is 0 Å². The summed E-state index contributed by atoms with van der Waals surface area (Å²) in [4.78, 5) is 19.6. The molecule has 0 bridgehead atoms. The fourth-order valence-corrected chi connectivity index (χ4v) is 4.61. The molecule has 40 heavy (non-hydrogen) atoms. The Morgan fingerprint density at radius 1 is 0.925 bits per heavy atom. The second-order valence-corrected chi connectivity index (χ2v) is 9.96. The summed E-state index contributed by atoms with van der Waals surface area (Å²) in [5, 5.41) is 0. The van der Waals surface area contributed by atoms with Crippen LogP contribution in [0.3, 0.4) is 0 Å². The van der Waals surface area contributed by atoms with E-state index in [-0.39, 0.29) is 11.6 Å². The van der Waals surface area contributed by atoms with Crippen LogP contribution in [0.2, 0.25) is 0 Å². The van der Waals surface area contributed by atoms with Gasteiger partial charge in [-0.15, -0.1) is 13.2 Å². The number of Topliss-reactive ketones (excluding diaryl/α,β-unsaturated/α-hetero) is 1. The number of hydrogen-bond acceptors (Lipinski definition) is 2. The molecule has 1 aliphatic carbocycles. The lowest BCUT2D eigenvalue weighted by Gasteiger charge is -2.23. The molecule has 0 N–H and O–H groups in total. The van der Waals surface area contributed by atoms with Crippen molar-refractivity contribution in [3.63, 3.8) is 0 Å². The molecule has 1 saturated carbocycles. The van der Waals surface area contributed by atoms with E-state index in [9.17, 15) is 9.18 Å². The molecule has 3 heteroatoms. The smallest absolute Gasteiger partial charge is 0.160 e.